The third kappa shape index (κ3) is 4.32. The summed E-state index contributed by atoms with van der Waals surface area (Å²) >= 11 is 3.52. The molecule has 0 saturated heterocycles. The van der Waals surface area contributed by atoms with Crippen LogP contribution < -0.4 is 10.5 Å². The van der Waals surface area contributed by atoms with E-state index in [2.05, 4.69) is 48.8 Å². The predicted molar refractivity (Wildman–Crippen MR) is 76.6 cm³/mol. The van der Waals surface area contributed by atoms with E-state index in [1.165, 1.54) is 11.1 Å². The average Bonchev–Trinajstić information content (AvgIpc) is 2.24. The summed E-state index contributed by atoms with van der Waals surface area (Å²) in [6.07, 6.45) is 3.34. The van der Waals surface area contributed by atoms with E-state index in [9.17, 15) is 0 Å². The summed E-state index contributed by atoms with van der Waals surface area (Å²) in [7, 11) is 0. The van der Waals surface area contributed by atoms with Crippen LogP contribution in [0.25, 0.3) is 0 Å². The number of benzene rings is 1. The first kappa shape index (κ1) is 14.5. The number of nitrogens with two attached hydrogens (primary N) is 1. The second-order valence-corrected chi connectivity index (χ2v) is 5.38. The summed E-state index contributed by atoms with van der Waals surface area (Å²) < 4.78 is 7.14. The van der Waals surface area contributed by atoms with Crippen molar-refractivity contribution >= 4 is 15.9 Å². The van der Waals surface area contributed by atoms with Gasteiger partial charge in [0.15, 0.2) is 0 Å². The van der Waals surface area contributed by atoms with Gasteiger partial charge in [-0.15, -0.1) is 0 Å². The van der Waals surface area contributed by atoms with Gasteiger partial charge in [0.05, 0.1) is 6.10 Å². The lowest BCUT2D eigenvalue weighted by Gasteiger charge is -2.19. The van der Waals surface area contributed by atoms with Crippen LogP contribution in [-0.2, 0) is 6.42 Å². The second kappa shape index (κ2) is 7.02. The van der Waals surface area contributed by atoms with Crippen molar-refractivity contribution in [3.63, 3.8) is 0 Å². The molecule has 96 valence electrons. The zero-order valence-electron chi connectivity index (χ0n) is 10.9. The monoisotopic (exact) mass is 299 g/mol. The van der Waals surface area contributed by atoms with Crippen molar-refractivity contribution in [2.45, 2.75) is 46.1 Å². The minimum atomic E-state index is 0.261. The minimum absolute atomic E-state index is 0.261. The molecule has 1 rings (SSSR count). The molecule has 1 unspecified atom stereocenters. The fourth-order valence-corrected chi connectivity index (χ4v) is 2.60. The molecule has 0 fully saturated rings. The lowest BCUT2D eigenvalue weighted by Crippen LogP contribution is -2.14. The number of ether oxygens (including phenoxy) is 1. The number of hydrogen-bond donors (Lipinski definition) is 1. The van der Waals surface area contributed by atoms with Gasteiger partial charge < -0.3 is 10.5 Å². The lowest BCUT2D eigenvalue weighted by atomic mass is 10.1. The Bertz CT molecular complexity index is 365. The first-order valence-corrected chi connectivity index (χ1v) is 7.03. The molecule has 0 saturated carbocycles. The Morgan fingerprint density at radius 1 is 1.41 bits per heavy atom. The Morgan fingerprint density at radius 3 is 2.71 bits per heavy atom. The molecule has 0 radical (unpaired) electrons. The molecule has 1 atom stereocenters. The maximum atomic E-state index is 6.05. The molecule has 0 aliphatic carbocycles. The van der Waals surface area contributed by atoms with Gasteiger partial charge in [0.2, 0.25) is 0 Å². The second-order valence-electron chi connectivity index (χ2n) is 4.47. The summed E-state index contributed by atoms with van der Waals surface area (Å²) in [4.78, 5) is 0. The Hall–Kier alpha value is -0.540. The molecule has 0 amide bonds. The molecule has 0 heterocycles. The van der Waals surface area contributed by atoms with Gasteiger partial charge in [0.25, 0.3) is 0 Å². The summed E-state index contributed by atoms with van der Waals surface area (Å²) in [6.45, 7) is 7.03. The van der Waals surface area contributed by atoms with E-state index in [1.807, 2.05) is 0 Å². The molecule has 0 aliphatic heterocycles. The number of aryl methyl sites for hydroxylation is 1. The van der Waals surface area contributed by atoms with Crippen LogP contribution in [0.15, 0.2) is 16.6 Å². The molecule has 1 aromatic rings. The van der Waals surface area contributed by atoms with Gasteiger partial charge in [-0.1, -0.05) is 29.3 Å². The molecule has 2 nitrogen and oxygen atoms in total. The van der Waals surface area contributed by atoms with Gasteiger partial charge in [-0.25, -0.2) is 0 Å². The number of rotatable bonds is 6. The van der Waals surface area contributed by atoms with Crippen LogP contribution in [0.2, 0.25) is 0 Å². The van der Waals surface area contributed by atoms with Crippen LogP contribution in [0.5, 0.6) is 5.75 Å². The van der Waals surface area contributed by atoms with E-state index in [0.29, 0.717) is 6.54 Å². The van der Waals surface area contributed by atoms with Crippen LogP contribution in [0.4, 0.5) is 0 Å². The molecule has 3 heteroatoms. The Balaban J connectivity index is 2.95. The molecule has 0 spiro atoms. The van der Waals surface area contributed by atoms with Crippen molar-refractivity contribution in [3.8, 4) is 5.75 Å². The van der Waals surface area contributed by atoms with Crippen LogP contribution in [-0.4, -0.2) is 12.6 Å². The highest BCUT2D eigenvalue weighted by Gasteiger charge is 2.11. The third-order valence-corrected chi connectivity index (χ3v) is 3.20. The SMILES string of the molecule is CCCC(C)Oc1c(C)cc(Br)cc1CCN. The first-order valence-electron chi connectivity index (χ1n) is 6.24. The summed E-state index contributed by atoms with van der Waals surface area (Å²) in [5, 5.41) is 0. The fourth-order valence-electron chi connectivity index (χ4n) is 1.98. The maximum Gasteiger partial charge on any atom is 0.125 e. The molecule has 1 aromatic carbocycles. The highest BCUT2D eigenvalue weighted by atomic mass is 79.9. The maximum absolute atomic E-state index is 6.05. The van der Waals surface area contributed by atoms with E-state index in [-0.39, 0.29) is 6.10 Å². The van der Waals surface area contributed by atoms with Gasteiger partial charge in [-0.2, -0.15) is 0 Å². The highest BCUT2D eigenvalue weighted by Crippen LogP contribution is 2.29. The highest BCUT2D eigenvalue weighted by molar-refractivity contribution is 9.10. The Labute approximate surface area is 113 Å². The van der Waals surface area contributed by atoms with E-state index in [4.69, 9.17) is 10.5 Å². The fraction of sp³-hybridized carbons (Fsp3) is 0.571. The van der Waals surface area contributed by atoms with Crippen LogP contribution >= 0.6 is 15.9 Å². The average molecular weight is 300 g/mol. The molecule has 0 aliphatic rings. The largest absolute Gasteiger partial charge is 0.490 e. The quantitative estimate of drug-likeness (QED) is 0.866. The smallest absolute Gasteiger partial charge is 0.125 e. The van der Waals surface area contributed by atoms with Crippen molar-refractivity contribution in [1.82, 2.24) is 0 Å². The zero-order chi connectivity index (χ0) is 12.8. The number of hydrogen-bond acceptors (Lipinski definition) is 2. The minimum Gasteiger partial charge on any atom is -0.490 e. The number of halogens is 1. The molecular formula is C14H22BrNO. The van der Waals surface area contributed by atoms with Gasteiger partial charge in [0.1, 0.15) is 5.75 Å². The Morgan fingerprint density at radius 2 is 2.12 bits per heavy atom. The normalized spacial score (nSPS) is 12.5. The summed E-state index contributed by atoms with van der Waals surface area (Å²) in [6, 6.07) is 4.20. The lowest BCUT2D eigenvalue weighted by molar-refractivity contribution is 0.206. The third-order valence-electron chi connectivity index (χ3n) is 2.74. The van der Waals surface area contributed by atoms with Gasteiger partial charge in [-0.3, -0.25) is 0 Å². The molecule has 0 aromatic heterocycles. The van der Waals surface area contributed by atoms with E-state index < -0.39 is 0 Å². The van der Waals surface area contributed by atoms with E-state index in [0.717, 1.165) is 29.5 Å². The van der Waals surface area contributed by atoms with Crippen molar-refractivity contribution in [3.05, 3.63) is 27.7 Å². The summed E-state index contributed by atoms with van der Waals surface area (Å²) in [5.74, 6) is 1.01. The van der Waals surface area contributed by atoms with Crippen molar-refractivity contribution in [2.75, 3.05) is 6.54 Å². The van der Waals surface area contributed by atoms with E-state index >= 15 is 0 Å². The molecule has 0 bridgehead atoms. The van der Waals surface area contributed by atoms with E-state index in [1.54, 1.807) is 0 Å². The van der Waals surface area contributed by atoms with Crippen LogP contribution in [0.1, 0.15) is 37.8 Å². The van der Waals surface area contributed by atoms with Crippen LogP contribution in [0.3, 0.4) is 0 Å². The predicted octanol–water partition coefficient (Wildman–Crippen LogP) is 3.83. The van der Waals surface area contributed by atoms with Gasteiger partial charge in [0, 0.05) is 4.47 Å². The van der Waals surface area contributed by atoms with Crippen LogP contribution in [0, 0.1) is 6.92 Å². The molecular weight excluding hydrogens is 278 g/mol. The van der Waals surface area contributed by atoms with Gasteiger partial charge >= 0.3 is 0 Å². The van der Waals surface area contributed by atoms with Gasteiger partial charge in [-0.05, 0) is 56.5 Å². The van der Waals surface area contributed by atoms with Crippen molar-refractivity contribution in [2.24, 2.45) is 5.73 Å². The van der Waals surface area contributed by atoms with Crippen molar-refractivity contribution < 1.29 is 4.74 Å². The topological polar surface area (TPSA) is 35.2 Å². The summed E-state index contributed by atoms with van der Waals surface area (Å²) in [5.41, 5.74) is 8.02. The first-order chi connectivity index (χ1) is 8.08. The standard InChI is InChI=1S/C14H22BrNO/c1-4-5-11(3)17-14-10(2)8-13(15)9-12(14)6-7-16/h8-9,11H,4-7,16H2,1-3H3. The van der Waals surface area contributed by atoms with Crippen molar-refractivity contribution in [1.29, 1.82) is 0 Å². The zero-order valence-corrected chi connectivity index (χ0v) is 12.5. The Kier molecular flexibility index (Phi) is 6.00. The molecule has 2 N–H and O–H groups in total. The molecule has 17 heavy (non-hydrogen) atoms.